The molecule has 0 bridgehead atoms. The van der Waals surface area contributed by atoms with E-state index in [-0.39, 0.29) is 12.1 Å². The molecule has 1 aromatic carbocycles. The van der Waals surface area contributed by atoms with E-state index in [1.54, 1.807) is 25.6 Å². The van der Waals surface area contributed by atoms with Gasteiger partial charge < -0.3 is 20.1 Å². The number of thiophene rings is 1. The first kappa shape index (κ1) is 17.2. The predicted molar refractivity (Wildman–Crippen MR) is 102 cm³/mol. The second-order valence-electron chi connectivity index (χ2n) is 6.49. The first-order valence-corrected chi connectivity index (χ1v) is 9.62. The lowest BCUT2D eigenvalue weighted by molar-refractivity contribution is 0.0934. The molecule has 0 radical (unpaired) electrons. The van der Waals surface area contributed by atoms with Crippen molar-refractivity contribution in [1.29, 1.82) is 0 Å². The molecule has 3 heterocycles. The maximum absolute atomic E-state index is 12.9. The number of hydrogen-bond acceptors (Lipinski definition) is 6. The van der Waals surface area contributed by atoms with E-state index in [4.69, 9.17) is 9.47 Å². The number of amides is 1. The minimum Gasteiger partial charge on any atom is -0.497 e. The zero-order valence-corrected chi connectivity index (χ0v) is 16.0. The fourth-order valence-corrected chi connectivity index (χ4v) is 4.97. The molecule has 0 saturated carbocycles. The van der Waals surface area contributed by atoms with Crippen LogP contribution in [0.3, 0.4) is 0 Å². The Morgan fingerprint density at radius 3 is 2.85 bits per heavy atom. The van der Waals surface area contributed by atoms with E-state index >= 15 is 0 Å². The highest BCUT2D eigenvalue weighted by Crippen LogP contribution is 2.42. The summed E-state index contributed by atoms with van der Waals surface area (Å²) in [4.78, 5) is 16.6. The molecular weight excluding hydrogens is 350 g/mol. The molecule has 2 aliphatic rings. The van der Waals surface area contributed by atoms with Crippen molar-refractivity contribution < 1.29 is 14.3 Å². The van der Waals surface area contributed by atoms with Crippen LogP contribution in [0.2, 0.25) is 0 Å². The number of benzene rings is 1. The normalized spacial score (nSPS) is 19.2. The summed E-state index contributed by atoms with van der Waals surface area (Å²) in [6.45, 7) is 5.15. The van der Waals surface area contributed by atoms with Crippen LogP contribution < -0.4 is 20.1 Å². The smallest absolute Gasteiger partial charge is 0.256 e. The summed E-state index contributed by atoms with van der Waals surface area (Å²) in [5.74, 6) is 1.40. The molecule has 0 fully saturated rings. The van der Waals surface area contributed by atoms with Gasteiger partial charge in [0.25, 0.3) is 5.91 Å². The highest BCUT2D eigenvalue weighted by atomic mass is 32.1. The van der Waals surface area contributed by atoms with E-state index in [0.717, 1.165) is 47.9 Å². The molecule has 6 nitrogen and oxygen atoms in total. The van der Waals surface area contributed by atoms with Gasteiger partial charge in [0, 0.05) is 29.6 Å². The van der Waals surface area contributed by atoms with Crippen molar-refractivity contribution >= 4 is 22.2 Å². The number of methoxy groups -OCH3 is 2. The second kappa shape index (κ2) is 6.81. The van der Waals surface area contributed by atoms with Gasteiger partial charge in [0.05, 0.1) is 19.8 Å². The van der Waals surface area contributed by atoms with Gasteiger partial charge >= 0.3 is 0 Å². The minimum absolute atomic E-state index is 0.0101. The number of anilines is 1. The fraction of sp³-hybridized carbons (Fsp3) is 0.421. The molecule has 7 heteroatoms. The van der Waals surface area contributed by atoms with Gasteiger partial charge in [-0.1, -0.05) is 6.92 Å². The molecule has 1 aromatic heterocycles. The quantitative estimate of drug-likeness (QED) is 0.863. The van der Waals surface area contributed by atoms with Crippen LogP contribution >= 0.6 is 11.3 Å². The molecule has 1 unspecified atom stereocenters. The Kier molecular flexibility index (Phi) is 4.50. The third kappa shape index (κ3) is 2.81. The number of hydrogen-bond donors (Lipinski definition) is 2. The number of likely N-dealkylation sites (N-methyl/N-ethyl adjacent to an activating group) is 1. The number of fused-ring (bicyclic) bond motifs is 3. The highest BCUT2D eigenvalue weighted by Gasteiger charge is 2.34. The molecule has 0 aliphatic carbocycles. The van der Waals surface area contributed by atoms with Crippen molar-refractivity contribution in [3.8, 4) is 11.5 Å². The number of nitrogens with one attached hydrogen (secondary N) is 2. The molecule has 138 valence electrons. The molecule has 4 rings (SSSR count). The third-order valence-electron chi connectivity index (χ3n) is 5.11. The fourth-order valence-electron chi connectivity index (χ4n) is 3.65. The first-order chi connectivity index (χ1) is 12.6. The van der Waals surface area contributed by atoms with E-state index < -0.39 is 0 Å². The standard InChI is InChI=1S/C19H23N3O3S/c1-4-22-8-7-13-15(10-22)26-19-16(13)18(23)20-17(21-19)12-6-5-11(24-2)9-14(12)25-3/h5-6,9,17,21H,4,7-8,10H2,1-3H3,(H,20,23). The van der Waals surface area contributed by atoms with Gasteiger partial charge in [-0.15, -0.1) is 11.3 Å². The summed E-state index contributed by atoms with van der Waals surface area (Å²) in [6, 6.07) is 5.63. The first-order valence-electron chi connectivity index (χ1n) is 8.80. The lowest BCUT2D eigenvalue weighted by atomic mass is 10.00. The number of ether oxygens (including phenoxy) is 2. The van der Waals surface area contributed by atoms with Crippen molar-refractivity contribution in [2.24, 2.45) is 0 Å². The largest absolute Gasteiger partial charge is 0.497 e. The Bertz CT molecular complexity index is 849. The predicted octanol–water partition coefficient (Wildman–Crippen LogP) is 3.00. The van der Waals surface area contributed by atoms with Gasteiger partial charge in [-0.05, 0) is 30.7 Å². The number of rotatable bonds is 4. The van der Waals surface area contributed by atoms with Crippen molar-refractivity contribution in [3.05, 3.63) is 39.8 Å². The Hall–Kier alpha value is -2.25. The van der Waals surface area contributed by atoms with Crippen LogP contribution in [-0.4, -0.2) is 38.1 Å². The molecule has 1 amide bonds. The summed E-state index contributed by atoms with van der Waals surface area (Å²) in [5, 5.41) is 7.54. The molecule has 2 N–H and O–H groups in total. The van der Waals surface area contributed by atoms with Crippen molar-refractivity contribution in [1.82, 2.24) is 10.2 Å². The van der Waals surface area contributed by atoms with Gasteiger partial charge in [-0.25, -0.2) is 0 Å². The number of carbonyl (C=O) groups is 1. The van der Waals surface area contributed by atoms with Crippen molar-refractivity contribution in [2.45, 2.75) is 26.1 Å². The Morgan fingerprint density at radius 2 is 2.12 bits per heavy atom. The van der Waals surface area contributed by atoms with Gasteiger partial charge in [-0.2, -0.15) is 0 Å². The van der Waals surface area contributed by atoms with Crippen LogP contribution in [-0.2, 0) is 13.0 Å². The zero-order valence-electron chi connectivity index (χ0n) is 15.2. The van der Waals surface area contributed by atoms with Crippen LogP contribution in [0.4, 0.5) is 5.00 Å². The molecule has 0 saturated heterocycles. The molecule has 1 atom stereocenters. The average molecular weight is 373 g/mol. The van der Waals surface area contributed by atoms with E-state index in [2.05, 4.69) is 22.5 Å². The Labute approximate surface area is 157 Å². The molecule has 26 heavy (non-hydrogen) atoms. The SMILES string of the molecule is CCN1CCc2c(sc3c2C(=O)NC(c2ccc(OC)cc2OC)N3)C1. The van der Waals surface area contributed by atoms with Crippen LogP contribution in [0.15, 0.2) is 18.2 Å². The van der Waals surface area contributed by atoms with E-state index in [0.29, 0.717) is 5.75 Å². The number of carbonyl (C=O) groups excluding carboxylic acids is 1. The average Bonchev–Trinajstić information content (AvgIpc) is 3.05. The molecule has 2 aromatic rings. The third-order valence-corrected chi connectivity index (χ3v) is 6.26. The van der Waals surface area contributed by atoms with Crippen LogP contribution in [0, 0.1) is 0 Å². The van der Waals surface area contributed by atoms with Crippen LogP contribution in [0.1, 0.15) is 39.5 Å². The van der Waals surface area contributed by atoms with Gasteiger partial charge in [0.15, 0.2) is 0 Å². The summed E-state index contributed by atoms with van der Waals surface area (Å²) >= 11 is 1.70. The molecule has 0 spiro atoms. The van der Waals surface area contributed by atoms with E-state index in [1.165, 1.54) is 10.4 Å². The summed E-state index contributed by atoms with van der Waals surface area (Å²) in [6.07, 6.45) is 0.610. The number of nitrogens with zero attached hydrogens (tertiary/aromatic N) is 1. The lowest BCUT2D eigenvalue weighted by Crippen LogP contribution is -2.39. The summed E-state index contributed by atoms with van der Waals surface area (Å²) in [5.41, 5.74) is 2.91. The van der Waals surface area contributed by atoms with Crippen LogP contribution in [0.25, 0.3) is 0 Å². The lowest BCUT2D eigenvalue weighted by Gasteiger charge is -2.28. The molecular formula is C19H23N3O3S. The summed E-state index contributed by atoms with van der Waals surface area (Å²) in [7, 11) is 3.24. The van der Waals surface area contributed by atoms with Crippen LogP contribution in [0.5, 0.6) is 11.5 Å². The summed E-state index contributed by atoms with van der Waals surface area (Å²) < 4.78 is 10.8. The topological polar surface area (TPSA) is 62.8 Å². The second-order valence-corrected chi connectivity index (χ2v) is 7.59. The minimum atomic E-state index is -0.321. The van der Waals surface area contributed by atoms with Gasteiger partial charge in [0.1, 0.15) is 22.7 Å². The monoisotopic (exact) mass is 373 g/mol. The van der Waals surface area contributed by atoms with Crippen molar-refractivity contribution in [2.75, 3.05) is 32.6 Å². The maximum Gasteiger partial charge on any atom is 0.256 e. The van der Waals surface area contributed by atoms with Gasteiger partial charge in [-0.3, -0.25) is 9.69 Å². The zero-order chi connectivity index (χ0) is 18.3. The van der Waals surface area contributed by atoms with Gasteiger partial charge in [0.2, 0.25) is 0 Å². The Balaban J connectivity index is 1.67. The maximum atomic E-state index is 12.9. The highest BCUT2D eigenvalue weighted by molar-refractivity contribution is 7.16. The Morgan fingerprint density at radius 1 is 1.27 bits per heavy atom. The van der Waals surface area contributed by atoms with E-state index in [9.17, 15) is 4.79 Å². The van der Waals surface area contributed by atoms with Crippen molar-refractivity contribution in [3.63, 3.8) is 0 Å². The van der Waals surface area contributed by atoms with E-state index in [1.807, 2.05) is 18.2 Å². The molecule has 2 aliphatic heterocycles.